The van der Waals surface area contributed by atoms with Gasteiger partial charge in [-0.25, -0.2) is 0 Å². The van der Waals surface area contributed by atoms with Crippen LogP contribution in [-0.2, 0) is 6.42 Å². The van der Waals surface area contributed by atoms with Crippen LogP contribution in [0, 0.1) is 17.2 Å². The molecule has 1 fully saturated rings. The molecule has 4 heteroatoms. The van der Waals surface area contributed by atoms with E-state index in [1.807, 2.05) is 11.0 Å². The highest BCUT2D eigenvalue weighted by molar-refractivity contribution is 5.94. The minimum atomic E-state index is 0.0588. The number of hydrogen-bond acceptors (Lipinski definition) is 3. The number of rotatable bonds is 2. The third-order valence-corrected chi connectivity index (χ3v) is 3.39. The van der Waals surface area contributed by atoms with E-state index in [1.54, 1.807) is 18.3 Å². The molecule has 0 N–H and O–H groups in total. The summed E-state index contributed by atoms with van der Waals surface area (Å²) in [5.41, 5.74) is 1.30. The molecule has 1 aliphatic heterocycles. The highest BCUT2D eigenvalue weighted by atomic mass is 16.2. The van der Waals surface area contributed by atoms with Gasteiger partial charge in [0, 0.05) is 24.8 Å². The molecule has 4 nitrogen and oxygen atoms in total. The van der Waals surface area contributed by atoms with Gasteiger partial charge < -0.3 is 4.90 Å². The lowest BCUT2D eigenvalue weighted by Gasteiger charge is -2.30. The number of aromatic nitrogens is 1. The Bertz CT molecular complexity index is 470. The normalized spacial score (nSPS) is 16.3. The number of pyridine rings is 1. The minimum absolute atomic E-state index is 0.0588. The summed E-state index contributed by atoms with van der Waals surface area (Å²) >= 11 is 0. The summed E-state index contributed by atoms with van der Waals surface area (Å²) in [6.07, 6.45) is 3.99. The number of piperidine rings is 1. The van der Waals surface area contributed by atoms with E-state index >= 15 is 0 Å². The summed E-state index contributed by atoms with van der Waals surface area (Å²) in [4.78, 5) is 18.2. The van der Waals surface area contributed by atoms with Crippen molar-refractivity contribution >= 4 is 5.91 Å². The molecule has 1 saturated heterocycles. The van der Waals surface area contributed by atoms with Gasteiger partial charge >= 0.3 is 0 Å². The molecule has 2 rings (SSSR count). The maximum absolute atomic E-state index is 12.3. The first kappa shape index (κ1) is 12.6. The summed E-state index contributed by atoms with van der Waals surface area (Å²) in [6, 6.07) is 5.50. The Morgan fingerprint density at radius 2 is 2.28 bits per heavy atom. The van der Waals surface area contributed by atoms with Crippen molar-refractivity contribution in [3.63, 3.8) is 0 Å². The fraction of sp³-hybridized carbons (Fsp3) is 0.500. The molecule has 1 amide bonds. The first-order valence-electron chi connectivity index (χ1n) is 6.32. The van der Waals surface area contributed by atoms with Crippen LogP contribution in [-0.4, -0.2) is 28.9 Å². The summed E-state index contributed by atoms with van der Waals surface area (Å²) in [7, 11) is 0. The fourth-order valence-electron chi connectivity index (χ4n) is 2.18. The van der Waals surface area contributed by atoms with Crippen LogP contribution >= 0.6 is 0 Å². The number of nitriles is 1. The van der Waals surface area contributed by atoms with E-state index < -0.39 is 0 Å². The van der Waals surface area contributed by atoms with Crippen LogP contribution in [0.3, 0.4) is 0 Å². The molecular weight excluding hydrogens is 226 g/mol. The van der Waals surface area contributed by atoms with Crippen LogP contribution in [0.5, 0.6) is 0 Å². The molecule has 0 radical (unpaired) electrons. The predicted molar refractivity (Wildman–Crippen MR) is 67.9 cm³/mol. The van der Waals surface area contributed by atoms with E-state index in [0.29, 0.717) is 17.2 Å². The average molecular weight is 243 g/mol. The molecule has 0 unspecified atom stereocenters. The quantitative estimate of drug-likeness (QED) is 0.798. The second kappa shape index (κ2) is 5.63. The zero-order valence-corrected chi connectivity index (χ0v) is 10.6. The Balaban J connectivity index is 2.09. The number of nitrogens with zero attached hydrogens (tertiary/aromatic N) is 3. The zero-order valence-electron chi connectivity index (χ0n) is 10.6. The number of carbonyl (C=O) groups is 1. The summed E-state index contributed by atoms with van der Waals surface area (Å²) in [5.74, 6) is 0.768. The molecule has 1 aromatic rings. The Hall–Kier alpha value is -1.89. The molecule has 0 aromatic carbocycles. The molecule has 0 spiro atoms. The summed E-state index contributed by atoms with van der Waals surface area (Å²) in [6.45, 7) is 3.88. The summed E-state index contributed by atoms with van der Waals surface area (Å²) < 4.78 is 0. The Morgan fingerprint density at radius 1 is 1.56 bits per heavy atom. The zero-order chi connectivity index (χ0) is 13.0. The first-order chi connectivity index (χ1) is 8.70. The SMILES string of the molecule is CC1CCN(C(=O)c2ccnc(CC#N)c2)CC1. The minimum Gasteiger partial charge on any atom is -0.339 e. The van der Waals surface area contributed by atoms with Gasteiger partial charge in [0.05, 0.1) is 18.2 Å². The molecule has 18 heavy (non-hydrogen) atoms. The van der Waals surface area contributed by atoms with Gasteiger partial charge in [-0.1, -0.05) is 6.92 Å². The maximum atomic E-state index is 12.3. The number of amides is 1. The Kier molecular flexibility index (Phi) is 3.93. The fourth-order valence-corrected chi connectivity index (χ4v) is 2.18. The van der Waals surface area contributed by atoms with Crippen molar-refractivity contribution in [3.05, 3.63) is 29.6 Å². The van der Waals surface area contributed by atoms with Gasteiger partial charge in [0.1, 0.15) is 0 Å². The van der Waals surface area contributed by atoms with Gasteiger partial charge in [0.15, 0.2) is 0 Å². The molecular formula is C14H17N3O. The van der Waals surface area contributed by atoms with Crippen LogP contribution in [0.15, 0.2) is 18.3 Å². The van der Waals surface area contributed by atoms with Crippen LogP contribution in [0.4, 0.5) is 0 Å². The third kappa shape index (κ3) is 2.86. The number of carbonyl (C=O) groups excluding carboxylic acids is 1. The standard InChI is InChI=1S/C14H17N3O/c1-11-4-8-17(9-5-11)14(18)12-3-7-16-13(10-12)2-6-15/h3,7,10-11H,2,4-5,8-9H2,1H3. The number of hydrogen-bond donors (Lipinski definition) is 0. The number of likely N-dealkylation sites (tertiary alicyclic amines) is 1. The third-order valence-electron chi connectivity index (χ3n) is 3.39. The lowest BCUT2D eigenvalue weighted by molar-refractivity contribution is 0.0697. The summed E-state index contributed by atoms with van der Waals surface area (Å²) in [5, 5.41) is 8.64. The second-order valence-electron chi connectivity index (χ2n) is 4.85. The molecule has 0 atom stereocenters. The van der Waals surface area contributed by atoms with E-state index in [4.69, 9.17) is 5.26 Å². The van der Waals surface area contributed by atoms with Gasteiger partial charge in [-0.05, 0) is 30.9 Å². The molecule has 2 heterocycles. The maximum Gasteiger partial charge on any atom is 0.253 e. The first-order valence-corrected chi connectivity index (χ1v) is 6.32. The smallest absolute Gasteiger partial charge is 0.253 e. The van der Waals surface area contributed by atoms with E-state index in [2.05, 4.69) is 11.9 Å². The molecule has 0 bridgehead atoms. The van der Waals surface area contributed by atoms with Crippen molar-refractivity contribution in [1.29, 1.82) is 5.26 Å². The van der Waals surface area contributed by atoms with Crippen LogP contribution in [0.25, 0.3) is 0 Å². The van der Waals surface area contributed by atoms with Gasteiger partial charge in [0.2, 0.25) is 0 Å². The van der Waals surface area contributed by atoms with Gasteiger partial charge in [-0.15, -0.1) is 0 Å². The van der Waals surface area contributed by atoms with Crippen LogP contribution in [0.1, 0.15) is 35.8 Å². The topological polar surface area (TPSA) is 57.0 Å². The van der Waals surface area contributed by atoms with Crippen molar-refractivity contribution in [2.75, 3.05) is 13.1 Å². The predicted octanol–water partition coefficient (Wildman–Crippen LogP) is 2.02. The Labute approximate surface area is 107 Å². The van der Waals surface area contributed by atoms with Crippen molar-refractivity contribution < 1.29 is 4.79 Å². The van der Waals surface area contributed by atoms with E-state index in [0.717, 1.165) is 25.9 Å². The molecule has 1 aliphatic rings. The van der Waals surface area contributed by atoms with Crippen LogP contribution in [0.2, 0.25) is 0 Å². The van der Waals surface area contributed by atoms with E-state index in [9.17, 15) is 4.79 Å². The second-order valence-corrected chi connectivity index (χ2v) is 4.85. The largest absolute Gasteiger partial charge is 0.339 e. The van der Waals surface area contributed by atoms with Crippen molar-refractivity contribution in [2.24, 2.45) is 5.92 Å². The Morgan fingerprint density at radius 3 is 2.94 bits per heavy atom. The highest BCUT2D eigenvalue weighted by Crippen LogP contribution is 2.18. The lowest BCUT2D eigenvalue weighted by atomic mass is 9.98. The monoisotopic (exact) mass is 243 g/mol. The molecule has 94 valence electrons. The molecule has 1 aromatic heterocycles. The van der Waals surface area contributed by atoms with E-state index in [-0.39, 0.29) is 12.3 Å². The molecule has 0 saturated carbocycles. The van der Waals surface area contributed by atoms with Crippen LogP contribution < -0.4 is 0 Å². The van der Waals surface area contributed by atoms with E-state index in [1.165, 1.54) is 0 Å². The van der Waals surface area contributed by atoms with Crippen molar-refractivity contribution in [3.8, 4) is 6.07 Å². The lowest BCUT2D eigenvalue weighted by Crippen LogP contribution is -2.37. The van der Waals surface area contributed by atoms with Crippen molar-refractivity contribution in [1.82, 2.24) is 9.88 Å². The van der Waals surface area contributed by atoms with Gasteiger partial charge in [-0.3, -0.25) is 9.78 Å². The highest BCUT2D eigenvalue weighted by Gasteiger charge is 2.21. The average Bonchev–Trinajstić information content (AvgIpc) is 2.39. The molecule has 0 aliphatic carbocycles. The van der Waals surface area contributed by atoms with Crippen molar-refractivity contribution in [2.45, 2.75) is 26.2 Å². The van der Waals surface area contributed by atoms with Gasteiger partial charge in [0.25, 0.3) is 5.91 Å². The van der Waals surface area contributed by atoms with Gasteiger partial charge in [-0.2, -0.15) is 5.26 Å².